The maximum atomic E-state index is 11.0. The molecular weight excluding hydrogens is 234 g/mol. The van der Waals surface area contributed by atoms with E-state index in [4.69, 9.17) is 11.6 Å². The highest BCUT2D eigenvalue weighted by Crippen LogP contribution is 2.01. The molecule has 0 heterocycles. The van der Waals surface area contributed by atoms with Crippen LogP contribution in [0.3, 0.4) is 0 Å². The number of rotatable bonds is 6. The van der Waals surface area contributed by atoms with Crippen molar-refractivity contribution in [3.63, 3.8) is 0 Å². The quantitative estimate of drug-likeness (QED) is 0.615. The van der Waals surface area contributed by atoms with Crippen molar-refractivity contribution in [2.75, 3.05) is 11.8 Å². The number of aryl methyl sites for hydroxylation is 1. The molecule has 0 atom stereocenters. The molecule has 0 saturated heterocycles. The lowest BCUT2D eigenvalue weighted by Gasteiger charge is -2.03. The van der Waals surface area contributed by atoms with E-state index in [1.807, 2.05) is 30.3 Å². The van der Waals surface area contributed by atoms with Crippen LogP contribution in [-0.2, 0) is 16.4 Å². The van der Waals surface area contributed by atoms with Gasteiger partial charge in [-0.25, -0.2) is 13.1 Å². The van der Waals surface area contributed by atoms with Crippen LogP contribution >= 0.6 is 11.6 Å². The van der Waals surface area contributed by atoms with E-state index >= 15 is 0 Å². The third kappa shape index (κ3) is 5.16. The van der Waals surface area contributed by atoms with E-state index in [0.717, 1.165) is 12.8 Å². The molecule has 0 radical (unpaired) electrons. The van der Waals surface area contributed by atoms with Gasteiger partial charge in [-0.05, 0) is 18.4 Å². The lowest BCUT2D eigenvalue weighted by Crippen LogP contribution is -2.25. The van der Waals surface area contributed by atoms with Crippen molar-refractivity contribution >= 4 is 21.6 Å². The first kappa shape index (κ1) is 12.5. The van der Waals surface area contributed by atoms with Gasteiger partial charge in [0.15, 0.2) is 0 Å². The molecule has 84 valence electrons. The smallest absolute Gasteiger partial charge is 0.214 e. The minimum atomic E-state index is -3.26. The molecule has 1 aromatic rings. The maximum Gasteiger partial charge on any atom is 0.225 e. The number of benzene rings is 1. The van der Waals surface area contributed by atoms with Gasteiger partial charge in [-0.1, -0.05) is 30.3 Å². The molecule has 0 aliphatic rings. The molecule has 0 aromatic heterocycles. The molecule has 0 spiro atoms. The van der Waals surface area contributed by atoms with Crippen molar-refractivity contribution < 1.29 is 8.42 Å². The van der Waals surface area contributed by atoms with Gasteiger partial charge in [0.25, 0.3) is 0 Å². The number of hydrogen-bond donors (Lipinski definition) is 1. The zero-order valence-corrected chi connectivity index (χ0v) is 9.89. The fraction of sp³-hybridized carbons (Fsp3) is 0.400. The van der Waals surface area contributed by atoms with Gasteiger partial charge in [0.1, 0.15) is 5.21 Å². The van der Waals surface area contributed by atoms with Crippen LogP contribution in [0.4, 0.5) is 0 Å². The van der Waals surface area contributed by atoms with Crippen LogP contribution in [0.1, 0.15) is 12.0 Å². The molecule has 3 nitrogen and oxygen atoms in total. The summed E-state index contributed by atoms with van der Waals surface area (Å²) in [6.07, 6.45) is 1.64. The zero-order chi connectivity index (χ0) is 11.1. The van der Waals surface area contributed by atoms with Crippen molar-refractivity contribution in [2.24, 2.45) is 0 Å². The molecule has 0 aliphatic heterocycles. The van der Waals surface area contributed by atoms with E-state index in [2.05, 4.69) is 4.72 Å². The minimum Gasteiger partial charge on any atom is -0.214 e. The number of sulfonamides is 1. The first-order valence-corrected chi connectivity index (χ1v) is 6.90. The topological polar surface area (TPSA) is 46.2 Å². The van der Waals surface area contributed by atoms with E-state index < -0.39 is 10.0 Å². The molecule has 5 heteroatoms. The Morgan fingerprint density at radius 2 is 1.87 bits per heavy atom. The van der Waals surface area contributed by atoms with Crippen LogP contribution < -0.4 is 4.72 Å². The monoisotopic (exact) mass is 247 g/mol. The van der Waals surface area contributed by atoms with Gasteiger partial charge < -0.3 is 0 Å². The fourth-order valence-corrected chi connectivity index (χ4v) is 1.97. The summed E-state index contributed by atoms with van der Waals surface area (Å²) < 4.78 is 24.4. The van der Waals surface area contributed by atoms with Gasteiger partial charge in [0.05, 0.1) is 0 Å². The second-order valence-electron chi connectivity index (χ2n) is 3.21. The predicted octanol–water partition coefficient (Wildman–Crippen LogP) is 1.73. The number of alkyl halides is 1. The average Bonchev–Trinajstić information content (AvgIpc) is 2.26. The molecule has 15 heavy (non-hydrogen) atoms. The SMILES string of the molecule is O=S(=O)(CCl)NCCCc1ccccc1. The number of hydrogen-bond acceptors (Lipinski definition) is 2. The maximum absolute atomic E-state index is 11.0. The van der Waals surface area contributed by atoms with Gasteiger partial charge in [-0.15, -0.1) is 11.6 Å². The number of nitrogens with one attached hydrogen (secondary N) is 1. The summed E-state index contributed by atoms with van der Waals surface area (Å²) in [5.41, 5.74) is 1.21. The van der Waals surface area contributed by atoms with Crippen molar-refractivity contribution in [3.05, 3.63) is 35.9 Å². The van der Waals surface area contributed by atoms with Crippen LogP contribution in [0, 0.1) is 0 Å². The molecular formula is C10H14ClNO2S. The summed E-state index contributed by atoms with van der Waals surface area (Å²) in [6.45, 7) is 0.434. The summed E-state index contributed by atoms with van der Waals surface area (Å²) in [7, 11) is -3.26. The standard InChI is InChI=1S/C10H14ClNO2S/c11-9-15(13,14)12-8-4-7-10-5-2-1-3-6-10/h1-3,5-6,12H,4,7-9H2. The molecule has 0 aliphatic carbocycles. The lowest BCUT2D eigenvalue weighted by molar-refractivity contribution is 0.583. The molecule has 1 N–H and O–H groups in total. The largest absolute Gasteiger partial charge is 0.225 e. The molecule has 0 bridgehead atoms. The van der Waals surface area contributed by atoms with Crippen LogP contribution in [0.5, 0.6) is 0 Å². The van der Waals surface area contributed by atoms with E-state index in [1.54, 1.807) is 0 Å². The first-order valence-electron chi connectivity index (χ1n) is 4.71. The van der Waals surface area contributed by atoms with Crippen LogP contribution in [-0.4, -0.2) is 20.2 Å². The highest BCUT2D eigenvalue weighted by molar-refractivity contribution is 7.90. The summed E-state index contributed by atoms with van der Waals surface area (Å²) >= 11 is 5.24. The van der Waals surface area contributed by atoms with Gasteiger partial charge in [0.2, 0.25) is 10.0 Å². The Labute approximate surface area is 95.5 Å². The molecule has 0 saturated carbocycles. The van der Waals surface area contributed by atoms with E-state index in [9.17, 15) is 8.42 Å². The Kier molecular flexibility index (Phi) is 5.08. The molecule has 0 amide bonds. The molecule has 1 rings (SSSR count). The Bertz CT molecular complexity index is 378. The van der Waals surface area contributed by atoms with Crippen molar-refractivity contribution in [1.82, 2.24) is 4.72 Å². The van der Waals surface area contributed by atoms with E-state index in [-0.39, 0.29) is 5.21 Å². The molecule has 1 aromatic carbocycles. The third-order valence-corrected chi connectivity index (χ3v) is 3.74. The van der Waals surface area contributed by atoms with E-state index in [0.29, 0.717) is 6.54 Å². The summed E-state index contributed by atoms with van der Waals surface area (Å²) in [4.78, 5) is 0. The second kappa shape index (κ2) is 6.10. The van der Waals surface area contributed by atoms with Gasteiger partial charge in [0, 0.05) is 6.54 Å². The van der Waals surface area contributed by atoms with Gasteiger partial charge in [-0.3, -0.25) is 0 Å². The second-order valence-corrected chi connectivity index (χ2v) is 5.60. The first-order chi connectivity index (χ1) is 7.14. The Balaban J connectivity index is 2.24. The Morgan fingerprint density at radius 3 is 2.47 bits per heavy atom. The molecule has 0 unspecified atom stereocenters. The Morgan fingerprint density at radius 1 is 1.20 bits per heavy atom. The van der Waals surface area contributed by atoms with Crippen molar-refractivity contribution in [1.29, 1.82) is 0 Å². The Hall–Kier alpha value is -0.580. The van der Waals surface area contributed by atoms with Crippen LogP contribution in [0.2, 0.25) is 0 Å². The normalized spacial score (nSPS) is 11.5. The lowest BCUT2D eigenvalue weighted by atomic mass is 10.1. The minimum absolute atomic E-state index is 0.377. The number of halogens is 1. The summed E-state index contributed by atoms with van der Waals surface area (Å²) in [5, 5.41) is -0.377. The third-order valence-electron chi connectivity index (χ3n) is 1.95. The highest BCUT2D eigenvalue weighted by Gasteiger charge is 2.05. The zero-order valence-electron chi connectivity index (χ0n) is 8.32. The van der Waals surface area contributed by atoms with Gasteiger partial charge >= 0.3 is 0 Å². The highest BCUT2D eigenvalue weighted by atomic mass is 35.5. The van der Waals surface area contributed by atoms with Crippen molar-refractivity contribution in [3.8, 4) is 0 Å². The summed E-state index contributed by atoms with van der Waals surface area (Å²) in [6, 6.07) is 9.95. The fourth-order valence-electron chi connectivity index (χ4n) is 1.20. The van der Waals surface area contributed by atoms with E-state index in [1.165, 1.54) is 5.56 Å². The van der Waals surface area contributed by atoms with Gasteiger partial charge in [-0.2, -0.15) is 0 Å². The predicted molar refractivity (Wildman–Crippen MR) is 62.4 cm³/mol. The van der Waals surface area contributed by atoms with Crippen LogP contribution in [0.15, 0.2) is 30.3 Å². The summed E-state index contributed by atoms with van der Waals surface area (Å²) in [5.74, 6) is 0. The van der Waals surface area contributed by atoms with Crippen LogP contribution in [0.25, 0.3) is 0 Å². The van der Waals surface area contributed by atoms with Crippen molar-refractivity contribution in [2.45, 2.75) is 12.8 Å². The average molecular weight is 248 g/mol. The molecule has 0 fully saturated rings.